The van der Waals surface area contributed by atoms with Gasteiger partial charge in [0, 0.05) is 25.7 Å². The topological polar surface area (TPSA) is 74.7 Å². The molecule has 0 aliphatic rings. The quantitative estimate of drug-likeness (QED) is 0.335. The first kappa shape index (κ1) is 11.3. The predicted molar refractivity (Wildman–Crippen MR) is 60.1 cm³/mol. The van der Waals surface area contributed by atoms with E-state index in [9.17, 15) is 0 Å². The van der Waals surface area contributed by atoms with Crippen LogP contribution in [0.4, 0.5) is 5.82 Å². The maximum absolute atomic E-state index is 8.46. The molecule has 0 bridgehead atoms. The third kappa shape index (κ3) is 3.12. The monoisotopic (exact) mass is 208 g/mol. The first-order valence-electron chi connectivity index (χ1n) is 4.75. The van der Waals surface area contributed by atoms with Crippen LogP contribution in [0.2, 0.25) is 0 Å². The van der Waals surface area contributed by atoms with Gasteiger partial charge < -0.3 is 15.8 Å². The smallest absolute Gasteiger partial charge is 0.141 e. The van der Waals surface area contributed by atoms with Gasteiger partial charge in [0.15, 0.2) is 0 Å². The van der Waals surface area contributed by atoms with Gasteiger partial charge in [-0.3, -0.25) is 0 Å². The average Bonchev–Trinajstić information content (AvgIpc) is 2.29. The summed E-state index contributed by atoms with van der Waals surface area (Å²) in [6.45, 7) is 1.99. The molecule has 5 nitrogen and oxygen atoms in total. The molecule has 0 saturated heterocycles. The van der Waals surface area contributed by atoms with E-state index in [0.717, 1.165) is 5.82 Å². The Morgan fingerprint density at radius 2 is 2.40 bits per heavy atom. The predicted octanol–water partition coefficient (Wildman–Crippen LogP) is 1.04. The molecule has 1 heterocycles. The summed E-state index contributed by atoms with van der Waals surface area (Å²) >= 11 is 0. The molecule has 0 aliphatic heterocycles. The van der Waals surface area contributed by atoms with E-state index in [1.165, 1.54) is 0 Å². The number of aromatic nitrogens is 1. The van der Waals surface area contributed by atoms with Gasteiger partial charge >= 0.3 is 0 Å². The molecule has 0 spiro atoms. The van der Waals surface area contributed by atoms with Gasteiger partial charge in [-0.25, -0.2) is 4.98 Å². The van der Waals surface area contributed by atoms with Gasteiger partial charge in [0.05, 0.1) is 0 Å². The van der Waals surface area contributed by atoms with E-state index in [1.807, 2.05) is 37.1 Å². The molecule has 5 heteroatoms. The van der Waals surface area contributed by atoms with E-state index >= 15 is 0 Å². The van der Waals surface area contributed by atoms with Gasteiger partial charge in [0.25, 0.3) is 0 Å². The van der Waals surface area contributed by atoms with E-state index in [0.29, 0.717) is 6.42 Å². The summed E-state index contributed by atoms with van der Waals surface area (Å²) in [5.74, 6) is 1.10. The van der Waals surface area contributed by atoms with Crippen molar-refractivity contribution in [2.24, 2.45) is 10.9 Å². The minimum absolute atomic E-state index is 0.135. The lowest BCUT2D eigenvalue weighted by molar-refractivity contribution is 0.316. The highest BCUT2D eigenvalue weighted by Crippen LogP contribution is 2.12. The zero-order valence-corrected chi connectivity index (χ0v) is 8.96. The highest BCUT2D eigenvalue weighted by Gasteiger charge is 2.12. The van der Waals surface area contributed by atoms with Crippen molar-refractivity contribution >= 4 is 11.7 Å². The number of hydrogen-bond donors (Lipinski definition) is 2. The van der Waals surface area contributed by atoms with E-state index < -0.39 is 0 Å². The Kier molecular flexibility index (Phi) is 3.91. The molecule has 1 aromatic rings. The fourth-order valence-electron chi connectivity index (χ4n) is 1.27. The highest BCUT2D eigenvalue weighted by atomic mass is 16.4. The second-order valence-electron chi connectivity index (χ2n) is 3.44. The molecule has 0 aliphatic carbocycles. The molecular formula is C10H16N4O. The molecular weight excluding hydrogens is 192 g/mol. The fourth-order valence-corrected chi connectivity index (χ4v) is 1.27. The Bertz CT molecular complexity index is 325. The van der Waals surface area contributed by atoms with Crippen LogP contribution in [0, 0.1) is 0 Å². The first-order valence-corrected chi connectivity index (χ1v) is 4.75. The van der Waals surface area contributed by atoms with Crippen molar-refractivity contribution in [3.8, 4) is 0 Å². The van der Waals surface area contributed by atoms with Gasteiger partial charge in [-0.2, -0.15) is 0 Å². The molecule has 82 valence electrons. The summed E-state index contributed by atoms with van der Waals surface area (Å²) in [5.41, 5.74) is 5.44. The van der Waals surface area contributed by atoms with Gasteiger partial charge in [0.2, 0.25) is 0 Å². The molecule has 15 heavy (non-hydrogen) atoms. The van der Waals surface area contributed by atoms with Crippen molar-refractivity contribution < 1.29 is 5.21 Å². The van der Waals surface area contributed by atoms with E-state index in [4.69, 9.17) is 10.9 Å². The normalized spacial score (nSPS) is 13.6. The second kappa shape index (κ2) is 5.19. The lowest BCUT2D eigenvalue weighted by Crippen LogP contribution is -2.33. The summed E-state index contributed by atoms with van der Waals surface area (Å²) in [6, 6.07) is 5.85. The van der Waals surface area contributed by atoms with Crippen molar-refractivity contribution in [1.82, 2.24) is 4.98 Å². The molecule has 1 atom stereocenters. The maximum Gasteiger partial charge on any atom is 0.141 e. The van der Waals surface area contributed by atoms with Gasteiger partial charge in [0.1, 0.15) is 11.7 Å². The number of nitrogens with two attached hydrogens (primary N) is 1. The number of nitrogens with zero attached hydrogens (tertiary/aromatic N) is 3. The lowest BCUT2D eigenvalue weighted by Gasteiger charge is -2.25. The number of pyridine rings is 1. The zero-order valence-electron chi connectivity index (χ0n) is 8.96. The zero-order chi connectivity index (χ0) is 11.3. The number of amidine groups is 1. The molecule has 1 aromatic heterocycles. The highest BCUT2D eigenvalue weighted by molar-refractivity contribution is 5.80. The summed E-state index contributed by atoms with van der Waals surface area (Å²) in [5, 5.41) is 11.4. The molecule has 0 aromatic carbocycles. The first-order chi connectivity index (χ1) is 7.15. The summed E-state index contributed by atoms with van der Waals surface area (Å²) in [7, 11) is 1.93. The Labute approximate surface area is 89.2 Å². The van der Waals surface area contributed by atoms with Crippen LogP contribution in [0.5, 0.6) is 0 Å². The Morgan fingerprint density at radius 3 is 2.93 bits per heavy atom. The van der Waals surface area contributed by atoms with Gasteiger partial charge in [-0.15, -0.1) is 0 Å². The maximum atomic E-state index is 8.46. The van der Waals surface area contributed by atoms with Crippen LogP contribution in [-0.4, -0.2) is 29.1 Å². The SMILES string of the molecule is CC(CC(N)=NO)N(C)c1ccccn1. The third-order valence-electron chi connectivity index (χ3n) is 2.30. The standard InChI is InChI=1S/C10H16N4O/c1-8(7-9(11)13-15)14(2)10-5-3-4-6-12-10/h3-6,8,15H,7H2,1-2H3,(H2,11,13). The van der Waals surface area contributed by atoms with Gasteiger partial charge in [-0.1, -0.05) is 11.2 Å². The third-order valence-corrected chi connectivity index (χ3v) is 2.30. The van der Waals surface area contributed by atoms with Crippen LogP contribution in [0.3, 0.4) is 0 Å². The van der Waals surface area contributed by atoms with Crippen LogP contribution < -0.4 is 10.6 Å². The van der Waals surface area contributed by atoms with Crippen LogP contribution in [0.15, 0.2) is 29.6 Å². The summed E-state index contributed by atoms with van der Waals surface area (Å²) < 4.78 is 0. The minimum atomic E-state index is 0.135. The largest absolute Gasteiger partial charge is 0.409 e. The molecule has 0 fully saturated rings. The Balaban J connectivity index is 2.65. The molecule has 0 amide bonds. The van der Waals surface area contributed by atoms with Crippen LogP contribution in [-0.2, 0) is 0 Å². The number of rotatable bonds is 4. The molecule has 0 radical (unpaired) electrons. The second-order valence-corrected chi connectivity index (χ2v) is 3.44. The fraction of sp³-hybridized carbons (Fsp3) is 0.400. The van der Waals surface area contributed by atoms with Crippen LogP contribution in [0.1, 0.15) is 13.3 Å². The molecule has 1 unspecified atom stereocenters. The number of anilines is 1. The van der Waals surface area contributed by atoms with Crippen molar-refractivity contribution in [2.45, 2.75) is 19.4 Å². The Morgan fingerprint density at radius 1 is 1.67 bits per heavy atom. The van der Waals surface area contributed by atoms with Crippen LogP contribution in [0.25, 0.3) is 0 Å². The van der Waals surface area contributed by atoms with Crippen molar-refractivity contribution in [3.05, 3.63) is 24.4 Å². The molecule has 0 saturated carbocycles. The molecule has 1 rings (SSSR count). The van der Waals surface area contributed by atoms with E-state index in [-0.39, 0.29) is 11.9 Å². The van der Waals surface area contributed by atoms with Crippen molar-refractivity contribution in [1.29, 1.82) is 0 Å². The van der Waals surface area contributed by atoms with E-state index in [1.54, 1.807) is 6.20 Å². The van der Waals surface area contributed by atoms with E-state index in [2.05, 4.69) is 10.1 Å². The summed E-state index contributed by atoms with van der Waals surface area (Å²) in [6.07, 6.45) is 2.24. The lowest BCUT2D eigenvalue weighted by atomic mass is 10.2. The number of oxime groups is 1. The Hall–Kier alpha value is -1.78. The minimum Gasteiger partial charge on any atom is -0.409 e. The van der Waals surface area contributed by atoms with Gasteiger partial charge in [-0.05, 0) is 19.1 Å². The number of hydrogen-bond acceptors (Lipinski definition) is 4. The van der Waals surface area contributed by atoms with Crippen molar-refractivity contribution in [3.63, 3.8) is 0 Å². The van der Waals surface area contributed by atoms with Crippen molar-refractivity contribution in [2.75, 3.05) is 11.9 Å². The van der Waals surface area contributed by atoms with Crippen LogP contribution >= 0.6 is 0 Å². The average molecular weight is 208 g/mol. The summed E-state index contributed by atoms with van der Waals surface area (Å²) in [4.78, 5) is 6.20. The molecule has 3 N–H and O–H groups in total.